The van der Waals surface area contributed by atoms with Crippen LogP contribution in [0.15, 0.2) is 40.2 Å². The Labute approximate surface area is 150 Å². The van der Waals surface area contributed by atoms with Crippen molar-refractivity contribution in [1.29, 1.82) is 0 Å². The van der Waals surface area contributed by atoms with Gasteiger partial charge in [0.05, 0.1) is 0 Å². The largest absolute Gasteiger partial charge is 0.385 e. The first-order valence-electron chi connectivity index (χ1n) is 8.89. The summed E-state index contributed by atoms with van der Waals surface area (Å²) in [6, 6.07) is 10.6. The van der Waals surface area contributed by atoms with E-state index in [1.165, 1.54) is 24.2 Å². The van der Waals surface area contributed by atoms with E-state index in [9.17, 15) is 0 Å². The molecule has 0 unspecified atom stereocenters. The van der Waals surface area contributed by atoms with Gasteiger partial charge in [0.1, 0.15) is 0 Å². The van der Waals surface area contributed by atoms with Gasteiger partial charge in [0.2, 0.25) is 0 Å². The zero-order valence-corrected chi connectivity index (χ0v) is 15.8. The van der Waals surface area contributed by atoms with Crippen LogP contribution < -0.4 is 10.6 Å². The fourth-order valence-corrected chi connectivity index (χ4v) is 3.86. The highest BCUT2D eigenvalue weighted by atomic mass is 32.2. The van der Waals surface area contributed by atoms with E-state index in [2.05, 4.69) is 46.0 Å². The average Bonchev–Trinajstić information content (AvgIpc) is 2.59. The van der Waals surface area contributed by atoms with Crippen LogP contribution in [0.25, 0.3) is 0 Å². The average molecular weight is 350 g/mol. The predicted molar refractivity (Wildman–Crippen MR) is 104 cm³/mol. The molecule has 2 N–H and O–H groups in total. The summed E-state index contributed by atoms with van der Waals surface area (Å²) in [5, 5.41) is 6.93. The number of guanidine groups is 1. The van der Waals surface area contributed by atoms with Gasteiger partial charge in [-0.1, -0.05) is 24.6 Å². The molecule has 0 amide bonds. The normalized spacial score (nSPS) is 16.5. The molecule has 0 heterocycles. The number of aliphatic imine (C=N–C) groups is 1. The smallest absolute Gasteiger partial charge is 0.190 e. The van der Waals surface area contributed by atoms with E-state index in [-0.39, 0.29) is 0 Å². The third kappa shape index (κ3) is 6.36. The van der Waals surface area contributed by atoms with Gasteiger partial charge in [-0.15, -0.1) is 11.8 Å². The van der Waals surface area contributed by atoms with Crippen LogP contribution in [-0.4, -0.2) is 45.6 Å². The second kappa shape index (κ2) is 10.6. The highest BCUT2D eigenvalue weighted by Crippen LogP contribution is 2.43. The van der Waals surface area contributed by atoms with Crippen LogP contribution in [0.5, 0.6) is 0 Å². The zero-order chi connectivity index (χ0) is 17.1. The molecule has 1 aromatic rings. The molecule has 0 bridgehead atoms. The number of hydrogen-bond donors (Lipinski definition) is 2. The van der Waals surface area contributed by atoms with Crippen molar-refractivity contribution in [2.75, 3.05) is 39.6 Å². The Morgan fingerprint density at radius 2 is 2.04 bits per heavy atom. The standard InChI is InChI=1S/C19H31N3OS/c1-20-18(22-16-19(10-6-11-19)12-14-23-2)21-13-7-15-24-17-8-4-3-5-9-17/h3-5,8-9H,6-7,10-16H2,1-2H3,(H2,20,21,22). The molecule has 0 saturated heterocycles. The maximum atomic E-state index is 5.26. The van der Waals surface area contributed by atoms with Gasteiger partial charge in [-0.2, -0.15) is 0 Å². The number of rotatable bonds is 10. The monoisotopic (exact) mass is 349 g/mol. The molecule has 5 heteroatoms. The summed E-state index contributed by atoms with van der Waals surface area (Å²) in [4.78, 5) is 5.68. The summed E-state index contributed by atoms with van der Waals surface area (Å²) in [6.45, 7) is 2.80. The van der Waals surface area contributed by atoms with Crippen molar-refractivity contribution in [2.45, 2.75) is 37.0 Å². The van der Waals surface area contributed by atoms with Gasteiger partial charge in [-0.25, -0.2) is 0 Å². The molecule has 0 radical (unpaired) electrons. The van der Waals surface area contributed by atoms with E-state index in [4.69, 9.17) is 4.74 Å². The highest BCUT2D eigenvalue weighted by molar-refractivity contribution is 7.99. The minimum Gasteiger partial charge on any atom is -0.385 e. The van der Waals surface area contributed by atoms with Gasteiger partial charge in [-0.05, 0) is 49.0 Å². The van der Waals surface area contributed by atoms with Gasteiger partial charge < -0.3 is 15.4 Å². The maximum absolute atomic E-state index is 5.26. The van der Waals surface area contributed by atoms with Gasteiger partial charge >= 0.3 is 0 Å². The van der Waals surface area contributed by atoms with E-state index >= 15 is 0 Å². The van der Waals surface area contributed by atoms with Crippen LogP contribution in [0.4, 0.5) is 0 Å². The van der Waals surface area contributed by atoms with E-state index in [0.717, 1.165) is 44.3 Å². The van der Waals surface area contributed by atoms with Gasteiger partial charge in [0.25, 0.3) is 0 Å². The molecule has 1 saturated carbocycles. The number of nitrogens with zero attached hydrogens (tertiary/aromatic N) is 1. The van der Waals surface area contributed by atoms with Crippen LogP contribution >= 0.6 is 11.8 Å². The number of thioether (sulfide) groups is 1. The van der Waals surface area contributed by atoms with E-state index < -0.39 is 0 Å². The van der Waals surface area contributed by atoms with E-state index in [1.54, 1.807) is 7.11 Å². The van der Waals surface area contributed by atoms with Crippen molar-refractivity contribution in [1.82, 2.24) is 10.6 Å². The quantitative estimate of drug-likeness (QED) is 0.293. The highest BCUT2D eigenvalue weighted by Gasteiger charge is 2.36. The Kier molecular flexibility index (Phi) is 8.47. The topological polar surface area (TPSA) is 45.7 Å². The van der Waals surface area contributed by atoms with Crippen LogP contribution in [0.3, 0.4) is 0 Å². The number of nitrogens with one attached hydrogen (secondary N) is 2. The van der Waals surface area contributed by atoms with Crippen molar-refractivity contribution < 1.29 is 4.74 Å². The van der Waals surface area contributed by atoms with Crippen molar-refractivity contribution >= 4 is 17.7 Å². The molecule has 4 nitrogen and oxygen atoms in total. The third-order valence-corrected chi connectivity index (χ3v) is 5.83. The molecule has 0 aliphatic heterocycles. The maximum Gasteiger partial charge on any atom is 0.190 e. The van der Waals surface area contributed by atoms with Gasteiger partial charge in [0, 0.05) is 38.7 Å². The molecule has 134 valence electrons. The van der Waals surface area contributed by atoms with Crippen molar-refractivity contribution in [2.24, 2.45) is 10.4 Å². The fraction of sp³-hybridized carbons (Fsp3) is 0.632. The third-order valence-electron chi connectivity index (χ3n) is 4.73. The van der Waals surface area contributed by atoms with Crippen molar-refractivity contribution in [3.63, 3.8) is 0 Å². The first kappa shape index (κ1) is 19.1. The Hall–Kier alpha value is -1.20. The Bertz CT molecular complexity index is 489. The minimum atomic E-state index is 0.413. The summed E-state index contributed by atoms with van der Waals surface area (Å²) >= 11 is 1.90. The van der Waals surface area contributed by atoms with E-state index in [0.29, 0.717) is 5.41 Å². The van der Waals surface area contributed by atoms with E-state index in [1.807, 2.05) is 18.8 Å². The lowest BCUT2D eigenvalue weighted by molar-refractivity contribution is 0.0732. The Balaban J connectivity index is 1.60. The summed E-state index contributed by atoms with van der Waals surface area (Å²) in [5.41, 5.74) is 0.413. The summed E-state index contributed by atoms with van der Waals surface area (Å²) in [5.74, 6) is 2.04. The Morgan fingerprint density at radius 3 is 2.67 bits per heavy atom. The molecule has 24 heavy (non-hydrogen) atoms. The lowest BCUT2D eigenvalue weighted by Gasteiger charge is -2.42. The first-order valence-corrected chi connectivity index (χ1v) is 9.88. The summed E-state index contributed by atoms with van der Waals surface area (Å²) < 4.78 is 5.26. The lowest BCUT2D eigenvalue weighted by atomic mass is 9.67. The van der Waals surface area contributed by atoms with Crippen molar-refractivity contribution in [3.8, 4) is 0 Å². The van der Waals surface area contributed by atoms with Crippen molar-refractivity contribution in [3.05, 3.63) is 30.3 Å². The number of benzene rings is 1. The van der Waals surface area contributed by atoms with Crippen LogP contribution in [-0.2, 0) is 4.74 Å². The number of methoxy groups -OCH3 is 1. The second-order valence-electron chi connectivity index (χ2n) is 6.46. The van der Waals surface area contributed by atoms with Gasteiger partial charge in [-0.3, -0.25) is 4.99 Å². The van der Waals surface area contributed by atoms with Gasteiger partial charge in [0.15, 0.2) is 5.96 Å². The molecule has 1 aliphatic rings. The molecular weight excluding hydrogens is 318 g/mol. The predicted octanol–water partition coefficient (Wildman–Crippen LogP) is 3.54. The molecule has 1 fully saturated rings. The zero-order valence-electron chi connectivity index (χ0n) is 15.0. The Morgan fingerprint density at radius 1 is 1.25 bits per heavy atom. The van der Waals surface area contributed by atoms with Crippen LogP contribution in [0.1, 0.15) is 32.1 Å². The molecule has 2 rings (SSSR count). The first-order chi connectivity index (χ1) is 11.8. The summed E-state index contributed by atoms with van der Waals surface area (Å²) in [6.07, 6.45) is 6.20. The molecule has 0 aromatic heterocycles. The second-order valence-corrected chi connectivity index (χ2v) is 7.63. The minimum absolute atomic E-state index is 0.413. The number of ether oxygens (including phenoxy) is 1. The molecule has 0 atom stereocenters. The molecule has 1 aromatic carbocycles. The SMILES string of the molecule is CN=C(NCCCSc1ccccc1)NCC1(CCOC)CCC1. The lowest BCUT2D eigenvalue weighted by Crippen LogP contribution is -2.47. The molecule has 1 aliphatic carbocycles. The molecule has 0 spiro atoms. The molecular formula is C19H31N3OS. The summed E-state index contributed by atoms with van der Waals surface area (Å²) in [7, 11) is 3.63. The van der Waals surface area contributed by atoms with Crippen LogP contribution in [0, 0.1) is 5.41 Å². The van der Waals surface area contributed by atoms with Crippen LogP contribution in [0.2, 0.25) is 0 Å². The number of hydrogen-bond acceptors (Lipinski definition) is 3. The fourth-order valence-electron chi connectivity index (χ4n) is 2.99.